The smallest absolute Gasteiger partial charge is 0.198 e. The van der Waals surface area contributed by atoms with Crippen molar-refractivity contribution >= 4 is 39.7 Å². The summed E-state index contributed by atoms with van der Waals surface area (Å²) < 4.78 is 7.27. The standard InChI is InChI=1S/C23H28N4O3/c1-14-6-7-17-21(20(14)25(2)3)27(10-11-28)23-18(22(17)29)8-9-19(24-23)26(4)15-12-16(13-15)30-5/h6-9,11,15-16H,10,12-13H2,1-5H3. The molecular weight excluding hydrogens is 380 g/mol. The highest BCUT2D eigenvalue weighted by Gasteiger charge is 2.33. The predicted octanol–water partition coefficient (Wildman–Crippen LogP) is 2.74. The highest BCUT2D eigenvalue weighted by molar-refractivity contribution is 6.00. The van der Waals surface area contributed by atoms with Crippen LogP contribution in [-0.4, -0.2) is 56.2 Å². The van der Waals surface area contributed by atoms with Gasteiger partial charge in [0.2, 0.25) is 0 Å². The van der Waals surface area contributed by atoms with E-state index in [1.807, 2.05) is 61.8 Å². The Hall–Kier alpha value is -2.93. The first-order chi connectivity index (χ1) is 14.4. The van der Waals surface area contributed by atoms with Crippen LogP contribution in [0.2, 0.25) is 0 Å². The molecule has 158 valence electrons. The van der Waals surface area contributed by atoms with E-state index in [1.54, 1.807) is 7.11 Å². The molecule has 4 rings (SSSR count). The second-order valence-electron chi connectivity index (χ2n) is 8.26. The number of rotatable bonds is 6. The molecule has 1 aromatic carbocycles. The molecule has 0 N–H and O–H groups in total. The van der Waals surface area contributed by atoms with Gasteiger partial charge in [0.15, 0.2) is 5.43 Å². The first kappa shape index (κ1) is 20.3. The Morgan fingerprint density at radius 2 is 1.87 bits per heavy atom. The van der Waals surface area contributed by atoms with Gasteiger partial charge >= 0.3 is 0 Å². The molecule has 0 spiro atoms. The van der Waals surface area contributed by atoms with Crippen molar-refractivity contribution in [3.8, 4) is 0 Å². The SMILES string of the molecule is COC1CC(N(C)c2ccc3c(=O)c4ccc(C)c(N(C)C)c4n(CC=O)c3n2)C1. The van der Waals surface area contributed by atoms with E-state index < -0.39 is 0 Å². The lowest BCUT2D eigenvalue weighted by atomic mass is 9.88. The van der Waals surface area contributed by atoms with Crippen LogP contribution in [0.25, 0.3) is 21.9 Å². The van der Waals surface area contributed by atoms with Crippen molar-refractivity contribution < 1.29 is 9.53 Å². The van der Waals surface area contributed by atoms with Crippen LogP contribution < -0.4 is 15.2 Å². The number of methoxy groups -OCH3 is 1. The van der Waals surface area contributed by atoms with Gasteiger partial charge in [-0.25, -0.2) is 4.98 Å². The first-order valence-electron chi connectivity index (χ1n) is 10.2. The Balaban J connectivity index is 1.97. The third kappa shape index (κ3) is 3.13. The number of pyridine rings is 2. The van der Waals surface area contributed by atoms with Gasteiger partial charge in [0.25, 0.3) is 0 Å². The Bertz CT molecular complexity index is 1180. The van der Waals surface area contributed by atoms with Gasteiger partial charge in [-0.05, 0) is 43.5 Å². The number of aryl methyl sites for hydroxylation is 1. The summed E-state index contributed by atoms with van der Waals surface area (Å²) in [5.74, 6) is 0.791. The van der Waals surface area contributed by atoms with Crippen molar-refractivity contribution in [2.24, 2.45) is 0 Å². The van der Waals surface area contributed by atoms with Gasteiger partial charge in [-0.15, -0.1) is 0 Å². The third-order valence-corrected chi connectivity index (χ3v) is 6.24. The molecule has 7 nitrogen and oxygen atoms in total. The zero-order valence-electron chi connectivity index (χ0n) is 18.2. The molecule has 0 unspecified atom stereocenters. The fourth-order valence-electron chi connectivity index (χ4n) is 4.46. The van der Waals surface area contributed by atoms with Crippen molar-refractivity contribution in [3.63, 3.8) is 0 Å². The number of hydrogen-bond donors (Lipinski definition) is 0. The number of hydrogen-bond acceptors (Lipinski definition) is 6. The summed E-state index contributed by atoms with van der Waals surface area (Å²) in [7, 11) is 7.65. The second kappa shape index (κ2) is 7.72. The topological polar surface area (TPSA) is 67.7 Å². The van der Waals surface area contributed by atoms with Crippen molar-refractivity contribution in [2.75, 3.05) is 38.1 Å². The molecule has 1 aliphatic rings. The fraction of sp³-hybridized carbons (Fsp3) is 0.435. The number of anilines is 2. The highest BCUT2D eigenvalue weighted by atomic mass is 16.5. The molecule has 2 aromatic heterocycles. The van der Waals surface area contributed by atoms with Gasteiger partial charge < -0.3 is 23.9 Å². The van der Waals surface area contributed by atoms with Crippen LogP contribution in [0, 0.1) is 6.92 Å². The van der Waals surface area contributed by atoms with Gasteiger partial charge in [-0.2, -0.15) is 0 Å². The number of ether oxygens (including phenoxy) is 1. The van der Waals surface area contributed by atoms with Gasteiger partial charge in [-0.1, -0.05) is 6.07 Å². The lowest BCUT2D eigenvalue weighted by Gasteiger charge is -2.40. The maximum Gasteiger partial charge on any atom is 0.198 e. The molecule has 1 aliphatic carbocycles. The molecule has 1 saturated carbocycles. The minimum absolute atomic E-state index is 0.0601. The lowest BCUT2D eigenvalue weighted by molar-refractivity contribution is -0.108. The Kier molecular flexibility index (Phi) is 5.24. The average Bonchev–Trinajstić information content (AvgIpc) is 2.69. The molecule has 3 aromatic rings. The molecular formula is C23H28N4O3. The summed E-state index contributed by atoms with van der Waals surface area (Å²) >= 11 is 0. The van der Waals surface area contributed by atoms with Crippen molar-refractivity contribution in [2.45, 2.75) is 38.5 Å². The molecule has 0 saturated heterocycles. The summed E-state index contributed by atoms with van der Waals surface area (Å²) in [6, 6.07) is 7.88. The summed E-state index contributed by atoms with van der Waals surface area (Å²) in [4.78, 5) is 33.9. The highest BCUT2D eigenvalue weighted by Crippen LogP contribution is 2.33. The summed E-state index contributed by atoms with van der Waals surface area (Å²) in [6.07, 6.45) is 3.06. The number of aromatic nitrogens is 2. The molecule has 30 heavy (non-hydrogen) atoms. The molecule has 1 fully saturated rings. The number of nitrogens with zero attached hydrogens (tertiary/aromatic N) is 4. The van der Waals surface area contributed by atoms with Crippen molar-refractivity contribution in [3.05, 3.63) is 40.1 Å². The van der Waals surface area contributed by atoms with E-state index in [0.29, 0.717) is 28.6 Å². The molecule has 0 amide bonds. The zero-order chi connectivity index (χ0) is 21.6. The molecule has 2 heterocycles. The molecule has 0 bridgehead atoms. The third-order valence-electron chi connectivity index (χ3n) is 6.24. The van der Waals surface area contributed by atoms with Gasteiger partial charge in [0, 0.05) is 39.7 Å². The van der Waals surface area contributed by atoms with Crippen LogP contribution in [0.15, 0.2) is 29.1 Å². The normalized spacial score (nSPS) is 18.4. The molecule has 0 atom stereocenters. The number of fused-ring (bicyclic) bond motifs is 2. The first-order valence-corrected chi connectivity index (χ1v) is 10.2. The Morgan fingerprint density at radius 1 is 1.17 bits per heavy atom. The van der Waals surface area contributed by atoms with Crippen LogP contribution >= 0.6 is 0 Å². The predicted molar refractivity (Wildman–Crippen MR) is 121 cm³/mol. The molecule has 0 aliphatic heterocycles. The number of carbonyl (C=O) groups excluding carboxylic acids is 1. The van der Waals surface area contributed by atoms with Crippen LogP contribution in [0.4, 0.5) is 11.5 Å². The van der Waals surface area contributed by atoms with E-state index in [2.05, 4.69) is 4.90 Å². The quantitative estimate of drug-likeness (QED) is 0.462. The van der Waals surface area contributed by atoms with Crippen LogP contribution in [-0.2, 0) is 16.1 Å². The van der Waals surface area contributed by atoms with Crippen molar-refractivity contribution in [1.82, 2.24) is 9.55 Å². The minimum Gasteiger partial charge on any atom is -0.381 e. The van der Waals surface area contributed by atoms with Crippen LogP contribution in [0.3, 0.4) is 0 Å². The number of aldehydes is 1. The molecule has 7 heteroatoms. The monoisotopic (exact) mass is 408 g/mol. The van der Waals surface area contributed by atoms with Gasteiger partial charge in [0.05, 0.1) is 29.2 Å². The van der Waals surface area contributed by atoms with E-state index in [-0.39, 0.29) is 12.0 Å². The number of benzene rings is 1. The van der Waals surface area contributed by atoms with E-state index >= 15 is 0 Å². The van der Waals surface area contributed by atoms with Gasteiger partial charge in [-0.3, -0.25) is 4.79 Å². The summed E-state index contributed by atoms with van der Waals surface area (Å²) in [5.41, 5.74) is 3.20. The second-order valence-corrected chi connectivity index (χ2v) is 8.26. The maximum absolute atomic E-state index is 13.3. The van der Waals surface area contributed by atoms with Crippen LogP contribution in [0.1, 0.15) is 18.4 Å². The number of carbonyl (C=O) groups is 1. The minimum atomic E-state index is -0.0601. The van der Waals surface area contributed by atoms with E-state index in [1.165, 1.54) is 0 Å². The summed E-state index contributed by atoms with van der Waals surface area (Å²) in [6.45, 7) is 2.14. The van der Waals surface area contributed by atoms with Crippen LogP contribution in [0.5, 0.6) is 0 Å². The van der Waals surface area contributed by atoms with E-state index in [0.717, 1.165) is 41.7 Å². The largest absolute Gasteiger partial charge is 0.381 e. The average molecular weight is 409 g/mol. The van der Waals surface area contributed by atoms with Crippen molar-refractivity contribution in [1.29, 1.82) is 0 Å². The van der Waals surface area contributed by atoms with E-state index in [4.69, 9.17) is 9.72 Å². The molecule has 0 radical (unpaired) electrons. The lowest BCUT2D eigenvalue weighted by Crippen LogP contribution is -2.46. The Morgan fingerprint density at radius 3 is 2.50 bits per heavy atom. The zero-order valence-corrected chi connectivity index (χ0v) is 18.2. The fourth-order valence-corrected chi connectivity index (χ4v) is 4.46. The van der Waals surface area contributed by atoms with Gasteiger partial charge in [0.1, 0.15) is 17.8 Å². The Labute approximate surface area is 175 Å². The maximum atomic E-state index is 13.3. The summed E-state index contributed by atoms with van der Waals surface area (Å²) in [5, 5.41) is 1.13. The van der Waals surface area contributed by atoms with E-state index in [9.17, 15) is 9.59 Å².